The highest BCUT2D eigenvalue weighted by atomic mass is 35.5. The van der Waals surface area contributed by atoms with E-state index < -0.39 is 0 Å². The molecule has 0 aliphatic carbocycles. The Morgan fingerprint density at radius 2 is 1.62 bits per heavy atom. The fourth-order valence-electron chi connectivity index (χ4n) is 2.29. The van der Waals surface area contributed by atoms with Gasteiger partial charge in [0.25, 0.3) is 0 Å². The summed E-state index contributed by atoms with van der Waals surface area (Å²) in [6.07, 6.45) is 0.986. The van der Waals surface area contributed by atoms with E-state index in [0.29, 0.717) is 5.92 Å². The molecular weight excluding hydrogens is 305 g/mol. The molecule has 0 bridgehead atoms. The van der Waals surface area contributed by atoms with Crippen LogP contribution in [0.3, 0.4) is 0 Å². The zero-order valence-electron chi connectivity index (χ0n) is 12.1. The molecule has 0 aliphatic rings. The number of nitrogens with one attached hydrogen (secondary N) is 1. The summed E-state index contributed by atoms with van der Waals surface area (Å²) in [7, 11) is 0. The first-order chi connectivity index (χ1) is 9.97. The maximum atomic E-state index is 9.64. The summed E-state index contributed by atoms with van der Waals surface area (Å²) >= 11 is 12.0. The third-order valence-corrected chi connectivity index (χ3v) is 3.84. The molecule has 1 unspecified atom stereocenters. The summed E-state index contributed by atoms with van der Waals surface area (Å²) in [6, 6.07) is 13.8. The molecule has 0 amide bonds. The SMILES string of the molecule is CC(C)CC(Nc1cc(Cl)c(O)c(Cl)c1)c1ccccc1. The summed E-state index contributed by atoms with van der Waals surface area (Å²) in [4.78, 5) is 0. The number of rotatable bonds is 5. The lowest BCUT2D eigenvalue weighted by Gasteiger charge is -2.23. The number of aromatic hydroxyl groups is 1. The quantitative estimate of drug-likeness (QED) is 0.671. The third kappa shape index (κ3) is 4.29. The first-order valence-electron chi connectivity index (χ1n) is 6.97. The smallest absolute Gasteiger partial charge is 0.152 e. The van der Waals surface area contributed by atoms with Crippen molar-refractivity contribution < 1.29 is 5.11 Å². The molecule has 112 valence electrons. The Morgan fingerprint density at radius 1 is 1.05 bits per heavy atom. The molecule has 0 spiro atoms. The number of hydrogen-bond acceptors (Lipinski definition) is 2. The van der Waals surface area contributed by atoms with Crippen molar-refractivity contribution in [2.45, 2.75) is 26.3 Å². The van der Waals surface area contributed by atoms with Gasteiger partial charge in [-0.1, -0.05) is 67.4 Å². The number of phenols is 1. The first-order valence-corrected chi connectivity index (χ1v) is 7.72. The predicted molar refractivity (Wildman–Crippen MR) is 90.4 cm³/mol. The Bertz CT molecular complexity index is 576. The Labute approximate surface area is 135 Å². The van der Waals surface area contributed by atoms with Crippen molar-refractivity contribution >= 4 is 28.9 Å². The number of halogens is 2. The van der Waals surface area contributed by atoms with Crippen LogP contribution >= 0.6 is 23.2 Å². The van der Waals surface area contributed by atoms with Gasteiger partial charge in [0.1, 0.15) is 0 Å². The van der Waals surface area contributed by atoms with E-state index in [1.807, 2.05) is 18.2 Å². The molecule has 21 heavy (non-hydrogen) atoms. The highest BCUT2D eigenvalue weighted by molar-refractivity contribution is 6.37. The molecule has 2 N–H and O–H groups in total. The molecule has 0 saturated carbocycles. The zero-order chi connectivity index (χ0) is 15.4. The molecule has 0 radical (unpaired) electrons. The molecule has 1 atom stereocenters. The number of hydrogen-bond donors (Lipinski definition) is 2. The zero-order valence-corrected chi connectivity index (χ0v) is 13.6. The van der Waals surface area contributed by atoms with Gasteiger partial charge in [-0.05, 0) is 30.0 Å². The van der Waals surface area contributed by atoms with E-state index in [0.717, 1.165) is 12.1 Å². The summed E-state index contributed by atoms with van der Waals surface area (Å²) in [5.41, 5.74) is 2.02. The van der Waals surface area contributed by atoms with E-state index in [4.69, 9.17) is 23.2 Å². The maximum absolute atomic E-state index is 9.64. The Morgan fingerprint density at radius 3 is 2.14 bits per heavy atom. The summed E-state index contributed by atoms with van der Waals surface area (Å²) < 4.78 is 0. The van der Waals surface area contributed by atoms with Gasteiger partial charge in [-0.25, -0.2) is 0 Å². The minimum Gasteiger partial charge on any atom is -0.505 e. The maximum Gasteiger partial charge on any atom is 0.152 e. The number of anilines is 1. The summed E-state index contributed by atoms with van der Waals surface area (Å²) in [6.45, 7) is 4.38. The Hall–Kier alpha value is -1.38. The molecule has 4 heteroatoms. The van der Waals surface area contributed by atoms with Crippen LogP contribution in [0.25, 0.3) is 0 Å². The van der Waals surface area contributed by atoms with Crippen molar-refractivity contribution in [1.29, 1.82) is 0 Å². The topological polar surface area (TPSA) is 32.3 Å². The standard InChI is InChI=1S/C17H19Cl2NO/c1-11(2)8-16(12-6-4-3-5-7-12)20-13-9-14(18)17(21)15(19)10-13/h3-7,9-11,16,20-21H,8H2,1-2H3. The normalized spacial score (nSPS) is 12.4. The van der Waals surface area contributed by atoms with Gasteiger partial charge in [-0.3, -0.25) is 0 Å². The van der Waals surface area contributed by atoms with Crippen molar-refractivity contribution in [3.8, 4) is 5.75 Å². The van der Waals surface area contributed by atoms with Gasteiger partial charge in [0, 0.05) is 5.69 Å². The van der Waals surface area contributed by atoms with Crippen molar-refractivity contribution in [2.75, 3.05) is 5.32 Å². The van der Waals surface area contributed by atoms with Gasteiger partial charge in [-0.15, -0.1) is 0 Å². The first kappa shape index (κ1) is 16.0. The molecule has 2 aromatic rings. The third-order valence-electron chi connectivity index (χ3n) is 3.27. The van der Waals surface area contributed by atoms with E-state index in [1.165, 1.54) is 5.56 Å². The second kappa shape index (κ2) is 7.06. The molecule has 0 aliphatic heterocycles. The van der Waals surface area contributed by atoms with Crippen LogP contribution in [0.15, 0.2) is 42.5 Å². The van der Waals surface area contributed by atoms with Gasteiger partial charge >= 0.3 is 0 Å². The van der Waals surface area contributed by atoms with Crippen molar-refractivity contribution in [3.63, 3.8) is 0 Å². The highest BCUT2D eigenvalue weighted by Crippen LogP contribution is 2.36. The molecule has 0 fully saturated rings. The van der Waals surface area contributed by atoms with Crippen molar-refractivity contribution in [3.05, 3.63) is 58.1 Å². The number of benzene rings is 2. The average Bonchev–Trinajstić information content (AvgIpc) is 2.44. The molecular formula is C17H19Cl2NO. The monoisotopic (exact) mass is 323 g/mol. The molecule has 2 nitrogen and oxygen atoms in total. The van der Waals surface area contributed by atoms with Crippen LogP contribution in [0, 0.1) is 5.92 Å². The van der Waals surface area contributed by atoms with E-state index in [9.17, 15) is 5.11 Å². The fourth-order valence-corrected chi connectivity index (χ4v) is 2.77. The van der Waals surface area contributed by atoms with Crippen LogP contribution in [0.2, 0.25) is 10.0 Å². The molecule has 2 aromatic carbocycles. The minimum atomic E-state index is -0.0796. The molecule has 2 rings (SSSR count). The van der Waals surface area contributed by atoms with Gasteiger partial charge in [0.05, 0.1) is 16.1 Å². The van der Waals surface area contributed by atoms with Crippen LogP contribution in [-0.4, -0.2) is 5.11 Å². The summed E-state index contributed by atoms with van der Waals surface area (Å²) in [5.74, 6) is 0.467. The predicted octanol–water partition coefficient (Wildman–Crippen LogP) is 5.90. The van der Waals surface area contributed by atoms with Crippen LogP contribution in [-0.2, 0) is 0 Å². The average molecular weight is 324 g/mol. The lowest BCUT2D eigenvalue weighted by atomic mass is 9.97. The minimum absolute atomic E-state index is 0.0796. The second-order valence-electron chi connectivity index (χ2n) is 5.53. The van der Waals surface area contributed by atoms with Crippen molar-refractivity contribution in [1.82, 2.24) is 0 Å². The van der Waals surface area contributed by atoms with Crippen LogP contribution in [0.1, 0.15) is 31.9 Å². The van der Waals surface area contributed by atoms with E-state index in [1.54, 1.807) is 12.1 Å². The van der Waals surface area contributed by atoms with Crippen LogP contribution < -0.4 is 5.32 Å². The Kier molecular flexibility index (Phi) is 5.38. The highest BCUT2D eigenvalue weighted by Gasteiger charge is 2.15. The molecule has 0 aromatic heterocycles. The number of phenolic OH excluding ortho intramolecular Hbond substituents is 1. The lowest BCUT2D eigenvalue weighted by molar-refractivity contribution is 0.476. The van der Waals surface area contributed by atoms with Crippen molar-refractivity contribution in [2.24, 2.45) is 5.92 Å². The fraction of sp³-hybridized carbons (Fsp3) is 0.294. The van der Waals surface area contributed by atoms with Gasteiger partial charge in [-0.2, -0.15) is 0 Å². The van der Waals surface area contributed by atoms with Gasteiger partial charge in [0.2, 0.25) is 0 Å². The van der Waals surface area contributed by atoms with Crippen LogP contribution in [0.4, 0.5) is 5.69 Å². The van der Waals surface area contributed by atoms with E-state index in [2.05, 4.69) is 31.3 Å². The second-order valence-corrected chi connectivity index (χ2v) is 6.34. The Balaban J connectivity index is 2.27. The molecule has 0 saturated heterocycles. The largest absolute Gasteiger partial charge is 0.505 e. The lowest BCUT2D eigenvalue weighted by Crippen LogP contribution is -2.13. The van der Waals surface area contributed by atoms with Gasteiger partial charge in [0.15, 0.2) is 5.75 Å². The van der Waals surface area contributed by atoms with E-state index >= 15 is 0 Å². The summed E-state index contributed by atoms with van der Waals surface area (Å²) in [5, 5.41) is 13.6. The molecule has 0 heterocycles. The van der Waals surface area contributed by atoms with Crippen LogP contribution in [0.5, 0.6) is 5.75 Å². The van der Waals surface area contributed by atoms with Gasteiger partial charge < -0.3 is 10.4 Å². The van der Waals surface area contributed by atoms with E-state index in [-0.39, 0.29) is 21.8 Å².